The summed E-state index contributed by atoms with van der Waals surface area (Å²) >= 11 is 0. The van der Waals surface area contributed by atoms with E-state index in [1.807, 2.05) is 0 Å². The lowest BCUT2D eigenvalue weighted by Gasteiger charge is -2.31. The van der Waals surface area contributed by atoms with Crippen molar-refractivity contribution in [3.8, 4) is 0 Å². The van der Waals surface area contributed by atoms with Crippen molar-refractivity contribution in [3.63, 3.8) is 0 Å². The van der Waals surface area contributed by atoms with Crippen LogP contribution in [0.1, 0.15) is 52.4 Å². The summed E-state index contributed by atoms with van der Waals surface area (Å²) in [7, 11) is 1.77. The molecule has 2 heteroatoms. The van der Waals surface area contributed by atoms with E-state index in [0.29, 0.717) is 6.04 Å². The highest BCUT2D eigenvalue weighted by atomic mass is 16.5. The molecule has 0 radical (unpaired) electrons. The Balaban J connectivity index is 2.14. The van der Waals surface area contributed by atoms with Gasteiger partial charge in [0.15, 0.2) is 0 Å². The molecule has 1 fully saturated rings. The van der Waals surface area contributed by atoms with Crippen LogP contribution in [0.15, 0.2) is 0 Å². The van der Waals surface area contributed by atoms with E-state index in [2.05, 4.69) is 19.2 Å². The summed E-state index contributed by atoms with van der Waals surface area (Å²) in [6, 6.07) is 1.24. The van der Waals surface area contributed by atoms with Crippen LogP contribution in [0.4, 0.5) is 0 Å². The average Bonchev–Trinajstić information content (AvgIpc) is 2.22. The minimum atomic E-state index is 0.503. The number of hydrogen-bond donors (Lipinski definition) is 1. The van der Waals surface area contributed by atoms with Crippen LogP contribution in [0, 0.1) is 5.92 Å². The number of rotatable bonds is 6. The fourth-order valence-electron chi connectivity index (χ4n) is 2.73. The van der Waals surface area contributed by atoms with E-state index in [1.54, 1.807) is 7.11 Å². The van der Waals surface area contributed by atoms with Crippen LogP contribution in [0.25, 0.3) is 0 Å². The molecule has 1 aliphatic carbocycles. The molecular formula is C13H27NO. The predicted octanol–water partition coefficient (Wildman–Crippen LogP) is 2.97. The van der Waals surface area contributed by atoms with Gasteiger partial charge in [-0.15, -0.1) is 0 Å². The zero-order chi connectivity index (χ0) is 11.1. The lowest BCUT2D eigenvalue weighted by Crippen LogP contribution is -2.41. The van der Waals surface area contributed by atoms with Gasteiger partial charge in [0.2, 0.25) is 0 Å². The third-order valence-corrected chi connectivity index (χ3v) is 3.48. The Morgan fingerprint density at radius 2 is 1.93 bits per heavy atom. The topological polar surface area (TPSA) is 21.3 Å². The van der Waals surface area contributed by atoms with Crippen molar-refractivity contribution in [2.75, 3.05) is 13.7 Å². The summed E-state index contributed by atoms with van der Waals surface area (Å²) in [5.74, 6) is 1.01. The molecule has 0 aliphatic heterocycles. The number of methoxy groups -OCH3 is 1. The second-order valence-electron chi connectivity index (χ2n) is 5.03. The van der Waals surface area contributed by atoms with Gasteiger partial charge in [-0.05, 0) is 38.5 Å². The molecule has 1 aliphatic rings. The van der Waals surface area contributed by atoms with Crippen LogP contribution >= 0.6 is 0 Å². The second-order valence-corrected chi connectivity index (χ2v) is 5.03. The Bertz CT molecular complexity index is 153. The molecule has 0 aromatic rings. The Morgan fingerprint density at radius 3 is 2.47 bits per heavy atom. The maximum atomic E-state index is 5.14. The summed E-state index contributed by atoms with van der Waals surface area (Å²) in [6.07, 6.45) is 8.34. The molecule has 2 nitrogen and oxygen atoms in total. The van der Waals surface area contributed by atoms with Crippen LogP contribution in [-0.2, 0) is 4.74 Å². The molecule has 0 bridgehead atoms. The molecule has 1 N–H and O–H groups in total. The molecule has 0 aromatic carbocycles. The minimum absolute atomic E-state index is 0.503. The van der Waals surface area contributed by atoms with Gasteiger partial charge in [0.1, 0.15) is 0 Å². The third-order valence-electron chi connectivity index (χ3n) is 3.48. The molecule has 0 unspecified atom stereocenters. The number of nitrogens with one attached hydrogen (secondary N) is 1. The third kappa shape index (κ3) is 4.98. The van der Waals surface area contributed by atoms with Gasteiger partial charge in [-0.1, -0.05) is 19.8 Å². The molecule has 0 amide bonds. The number of ether oxygens (including phenoxy) is 1. The van der Waals surface area contributed by atoms with Crippen molar-refractivity contribution in [3.05, 3.63) is 0 Å². The average molecular weight is 213 g/mol. The highest BCUT2D eigenvalue weighted by Gasteiger charge is 2.21. The summed E-state index contributed by atoms with van der Waals surface area (Å²) in [4.78, 5) is 0. The molecule has 1 saturated carbocycles. The summed E-state index contributed by atoms with van der Waals surface area (Å²) in [6.45, 7) is 5.33. The molecule has 1 atom stereocenters. The van der Waals surface area contributed by atoms with Crippen molar-refractivity contribution in [1.29, 1.82) is 0 Å². The summed E-state index contributed by atoms with van der Waals surface area (Å²) in [5, 5.41) is 3.66. The van der Waals surface area contributed by atoms with E-state index in [9.17, 15) is 0 Å². The normalized spacial score (nSPS) is 29.0. The van der Waals surface area contributed by atoms with E-state index in [4.69, 9.17) is 4.74 Å². The summed E-state index contributed by atoms with van der Waals surface area (Å²) < 4.78 is 5.14. The van der Waals surface area contributed by atoms with Crippen LogP contribution in [0.2, 0.25) is 0 Å². The van der Waals surface area contributed by atoms with Gasteiger partial charge in [-0.25, -0.2) is 0 Å². The van der Waals surface area contributed by atoms with Crippen molar-refractivity contribution in [2.45, 2.75) is 64.5 Å². The van der Waals surface area contributed by atoms with E-state index in [0.717, 1.165) is 18.6 Å². The quantitative estimate of drug-likeness (QED) is 0.732. The first-order chi connectivity index (χ1) is 7.26. The number of hydrogen-bond acceptors (Lipinski definition) is 2. The Hall–Kier alpha value is -0.0800. The van der Waals surface area contributed by atoms with E-state index in [1.165, 1.54) is 38.5 Å². The SMILES string of the molecule is CCCC1CCC(N[C@H](C)COC)CC1. The van der Waals surface area contributed by atoms with Crippen LogP contribution < -0.4 is 5.32 Å². The van der Waals surface area contributed by atoms with Crippen LogP contribution in [-0.4, -0.2) is 25.8 Å². The molecule has 90 valence electrons. The fourth-order valence-corrected chi connectivity index (χ4v) is 2.73. The Kier molecular flexibility index (Phi) is 6.26. The van der Waals surface area contributed by atoms with Crippen molar-refractivity contribution in [1.82, 2.24) is 5.32 Å². The molecule has 0 heterocycles. The predicted molar refractivity (Wildman–Crippen MR) is 65.1 cm³/mol. The first kappa shape index (κ1) is 13.0. The lowest BCUT2D eigenvalue weighted by molar-refractivity contribution is 0.157. The van der Waals surface area contributed by atoms with Gasteiger partial charge in [0, 0.05) is 19.2 Å². The van der Waals surface area contributed by atoms with E-state index < -0.39 is 0 Å². The van der Waals surface area contributed by atoms with Crippen LogP contribution in [0.5, 0.6) is 0 Å². The Morgan fingerprint density at radius 1 is 1.27 bits per heavy atom. The molecule has 1 rings (SSSR count). The summed E-state index contributed by atoms with van der Waals surface area (Å²) in [5.41, 5.74) is 0. The van der Waals surface area contributed by atoms with Gasteiger partial charge in [-0.3, -0.25) is 0 Å². The molecule has 0 spiro atoms. The Labute approximate surface area is 94.8 Å². The standard InChI is InChI=1S/C13H27NO/c1-4-5-12-6-8-13(9-7-12)14-11(2)10-15-3/h11-14H,4-10H2,1-3H3/t11-,12?,13?/m1/s1. The minimum Gasteiger partial charge on any atom is -0.383 e. The molecular weight excluding hydrogens is 186 g/mol. The van der Waals surface area contributed by atoms with Gasteiger partial charge in [0.05, 0.1) is 6.61 Å². The lowest BCUT2D eigenvalue weighted by atomic mass is 9.83. The smallest absolute Gasteiger partial charge is 0.0613 e. The first-order valence-corrected chi connectivity index (χ1v) is 6.51. The van der Waals surface area contributed by atoms with Gasteiger partial charge < -0.3 is 10.1 Å². The zero-order valence-electron chi connectivity index (χ0n) is 10.6. The van der Waals surface area contributed by atoms with Gasteiger partial charge >= 0.3 is 0 Å². The van der Waals surface area contributed by atoms with Crippen molar-refractivity contribution in [2.24, 2.45) is 5.92 Å². The molecule has 0 saturated heterocycles. The van der Waals surface area contributed by atoms with E-state index >= 15 is 0 Å². The zero-order valence-corrected chi connectivity index (χ0v) is 10.6. The molecule has 0 aromatic heterocycles. The van der Waals surface area contributed by atoms with Gasteiger partial charge in [-0.2, -0.15) is 0 Å². The fraction of sp³-hybridized carbons (Fsp3) is 1.00. The largest absolute Gasteiger partial charge is 0.383 e. The van der Waals surface area contributed by atoms with Gasteiger partial charge in [0.25, 0.3) is 0 Å². The second kappa shape index (κ2) is 7.24. The highest BCUT2D eigenvalue weighted by molar-refractivity contribution is 4.79. The van der Waals surface area contributed by atoms with Crippen molar-refractivity contribution >= 4 is 0 Å². The van der Waals surface area contributed by atoms with Crippen molar-refractivity contribution < 1.29 is 4.74 Å². The maximum absolute atomic E-state index is 5.14. The highest BCUT2D eigenvalue weighted by Crippen LogP contribution is 2.27. The monoisotopic (exact) mass is 213 g/mol. The van der Waals surface area contributed by atoms with E-state index in [-0.39, 0.29) is 0 Å². The first-order valence-electron chi connectivity index (χ1n) is 6.51. The molecule has 15 heavy (non-hydrogen) atoms. The van der Waals surface area contributed by atoms with Crippen LogP contribution in [0.3, 0.4) is 0 Å². The maximum Gasteiger partial charge on any atom is 0.0613 e.